The zero-order valence-electron chi connectivity index (χ0n) is 16.1. The Morgan fingerprint density at radius 3 is 2.50 bits per heavy atom. The number of benzene rings is 2. The Hall–Kier alpha value is -3.38. The number of hydrogen-bond acceptors (Lipinski definition) is 10. The molecule has 0 spiro atoms. The van der Waals surface area contributed by atoms with E-state index in [1.54, 1.807) is 29.8 Å². The normalized spacial score (nSPS) is 10.4. The molecule has 0 bridgehead atoms. The lowest BCUT2D eigenvalue weighted by molar-refractivity contribution is -0.386. The summed E-state index contributed by atoms with van der Waals surface area (Å²) in [4.78, 5) is 24.8. The number of nitrogens with one attached hydrogen (secondary N) is 1. The van der Waals surface area contributed by atoms with Crippen molar-refractivity contribution in [2.24, 2.45) is 0 Å². The highest BCUT2D eigenvalue weighted by atomic mass is 32.2. The summed E-state index contributed by atoms with van der Waals surface area (Å²) in [6, 6.07) is 8.27. The highest BCUT2D eigenvalue weighted by Gasteiger charge is 2.32. The van der Waals surface area contributed by atoms with Crippen LogP contribution < -0.4 is 19.5 Å². The maximum absolute atomic E-state index is 13.0. The third-order valence-electron chi connectivity index (χ3n) is 3.90. The van der Waals surface area contributed by atoms with Crippen LogP contribution in [0.2, 0.25) is 0 Å². The van der Waals surface area contributed by atoms with Gasteiger partial charge in [0.25, 0.3) is 5.91 Å². The van der Waals surface area contributed by atoms with Crippen LogP contribution in [-0.4, -0.2) is 42.4 Å². The number of anilines is 1. The monoisotopic (exact) mass is 448 g/mol. The SMILES string of the molecule is COc1cc(C(=O)Nc2ccccc2Sc2nncs2)c([N+](=O)[O-])c(OC)c1OC. The lowest BCUT2D eigenvalue weighted by Gasteiger charge is -2.15. The van der Waals surface area contributed by atoms with Gasteiger partial charge in [-0.05, 0) is 12.1 Å². The van der Waals surface area contributed by atoms with Gasteiger partial charge in [0.05, 0.1) is 31.9 Å². The number of aromatic nitrogens is 2. The molecule has 0 saturated heterocycles. The third kappa shape index (κ3) is 4.28. The summed E-state index contributed by atoms with van der Waals surface area (Å²) in [5.74, 6) is -0.758. The van der Waals surface area contributed by atoms with Gasteiger partial charge in [0, 0.05) is 11.0 Å². The fourth-order valence-electron chi connectivity index (χ4n) is 2.65. The average Bonchev–Trinajstić information content (AvgIpc) is 3.26. The van der Waals surface area contributed by atoms with Gasteiger partial charge >= 0.3 is 5.69 Å². The third-order valence-corrected chi connectivity index (χ3v) is 5.76. The van der Waals surface area contributed by atoms with Crippen molar-refractivity contribution in [3.63, 3.8) is 0 Å². The lowest BCUT2D eigenvalue weighted by atomic mass is 10.1. The van der Waals surface area contributed by atoms with E-state index in [1.165, 1.54) is 50.5 Å². The number of para-hydroxylation sites is 1. The quantitative estimate of drug-likeness (QED) is 0.403. The van der Waals surface area contributed by atoms with Crippen molar-refractivity contribution in [2.45, 2.75) is 9.24 Å². The van der Waals surface area contributed by atoms with Gasteiger partial charge in [-0.3, -0.25) is 14.9 Å². The summed E-state index contributed by atoms with van der Waals surface area (Å²) in [7, 11) is 3.93. The molecule has 0 aliphatic carbocycles. The van der Waals surface area contributed by atoms with E-state index in [9.17, 15) is 14.9 Å². The number of ether oxygens (including phenoxy) is 3. The van der Waals surface area contributed by atoms with Crippen LogP contribution >= 0.6 is 23.1 Å². The topological polar surface area (TPSA) is 126 Å². The number of methoxy groups -OCH3 is 3. The zero-order chi connectivity index (χ0) is 21.7. The number of nitro benzene ring substituents is 1. The fourth-order valence-corrected chi connectivity index (χ4v) is 4.17. The molecule has 30 heavy (non-hydrogen) atoms. The van der Waals surface area contributed by atoms with Crippen LogP contribution in [0.25, 0.3) is 0 Å². The van der Waals surface area contributed by atoms with Crippen molar-refractivity contribution in [3.8, 4) is 17.2 Å². The van der Waals surface area contributed by atoms with Crippen molar-refractivity contribution in [1.82, 2.24) is 10.2 Å². The molecule has 12 heteroatoms. The maximum atomic E-state index is 13.0. The standard InChI is InChI=1S/C18H16N4O6S2/c1-26-12-8-10(14(22(24)25)16(28-3)15(12)27-2)17(23)20-11-6-4-5-7-13(11)30-18-21-19-9-29-18/h4-9H,1-3H3,(H,20,23). The summed E-state index contributed by atoms with van der Waals surface area (Å²) >= 11 is 2.67. The highest BCUT2D eigenvalue weighted by molar-refractivity contribution is 8.01. The van der Waals surface area contributed by atoms with Gasteiger partial charge in [-0.2, -0.15) is 0 Å². The minimum Gasteiger partial charge on any atom is -0.493 e. The van der Waals surface area contributed by atoms with Crippen LogP contribution in [0.4, 0.5) is 11.4 Å². The second-order valence-corrected chi connectivity index (χ2v) is 7.68. The van der Waals surface area contributed by atoms with Crippen molar-refractivity contribution in [2.75, 3.05) is 26.6 Å². The van der Waals surface area contributed by atoms with Gasteiger partial charge in [0.2, 0.25) is 11.5 Å². The first-order valence-electron chi connectivity index (χ1n) is 8.31. The van der Waals surface area contributed by atoms with E-state index in [0.29, 0.717) is 14.9 Å². The van der Waals surface area contributed by atoms with Crippen LogP contribution in [0.15, 0.2) is 45.1 Å². The molecule has 3 aromatic rings. The molecule has 1 aromatic heterocycles. The Balaban J connectivity index is 2.03. The van der Waals surface area contributed by atoms with Gasteiger partial charge in [0.1, 0.15) is 11.1 Å². The van der Waals surface area contributed by atoms with Crippen LogP contribution in [-0.2, 0) is 0 Å². The van der Waals surface area contributed by atoms with E-state index >= 15 is 0 Å². The molecule has 2 aromatic carbocycles. The Bertz CT molecular complexity index is 1070. The molecule has 156 valence electrons. The second kappa shape index (κ2) is 9.41. The molecule has 1 amide bonds. The minimum absolute atomic E-state index is 0.0236. The van der Waals surface area contributed by atoms with E-state index in [4.69, 9.17) is 14.2 Å². The molecule has 1 heterocycles. The largest absolute Gasteiger partial charge is 0.493 e. The number of carbonyl (C=O) groups excluding carboxylic acids is 1. The van der Waals surface area contributed by atoms with Crippen LogP contribution in [0.1, 0.15) is 10.4 Å². The first-order chi connectivity index (χ1) is 14.5. The molecule has 0 aliphatic heterocycles. The van der Waals surface area contributed by atoms with Crippen LogP contribution in [0, 0.1) is 10.1 Å². The molecule has 10 nitrogen and oxygen atoms in total. The highest BCUT2D eigenvalue weighted by Crippen LogP contribution is 2.46. The zero-order valence-corrected chi connectivity index (χ0v) is 17.7. The fraction of sp³-hybridized carbons (Fsp3) is 0.167. The summed E-state index contributed by atoms with van der Waals surface area (Å²) in [5.41, 5.74) is 1.31. The van der Waals surface area contributed by atoms with Gasteiger partial charge in [-0.25, -0.2) is 0 Å². The number of nitro groups is 1. The first-order valence-corrected chi connectivity index (χ1v) is 10.0. The Labute approximate surface area is 179 Å². The minimum atomic E-state index is -0.703. The maximum Gasteiger partial charge on any atom is 0.327 e. The lowest BCUT2D eigenvalue weighted by Crippen LogP contribution is -2.16. The molecule has 3 rings (SSSR count). The molecule has 0 saturated carbocycles. The summed E-state index contributed by atoms with van der Waals surface area (Å²) < 4.78 is 16.3. The smallest absolute Gasteiger partial charge is 0.327 e. The Kier molecular flexibility index (Phi) is 6.69. The number of amides is 1. The molecule has 0 aliphatic rings. The van der Waals surface area contributed by atoms with Gasteiger partial charge in [-0.15, -0.1) is 10.2 Å². The van der Waals surface area contributed by atoms with Crippen molar-refractivity contribution >= 4 is 40.4 Å². The summed E-state index contributed by atoms with van der Waals surface area (Å²) in [5, 5.41) is 22.2. The van der Waals surface area contributed by atoms with Gasteiger partial charge in [0.15, 0.2) is 10.1 Å². The average molecular weight is 448 g/mol. The van der Waals surface area contributed by atoms with Gasteiger partial charge in [-0.1, -0.05) is 35.2 Å². The summed E-state index contributed by atoms with van der Waals surface area (Å²) in [6.07, 6.45) is 0. The van der Waals surface area contributed by atoms with E-state index in [-0.39, 0.29) is 22.8 Å². The first kappa shape index (κ1) is 21.3. The van der Waals surface area contributed by atoms with Crippen molar-refractivity contribution in [1.29, 1.82) is 0 Å². The Morgan fingerprint density at radius 2 is 1.90 bits per heavy atom. The van der Waals surface area contributed by atoms with Crippen molar-refractivity contribution < 1.29 is 23.9 Å². The van der Waals surface area contributed by atoms with E-state index in [0.717, 1.165) is 0 Å². The molecule has 0 fully saturated rings. The van der Waals surface area contributed by atoms with Crippen LogP contribution in [0.3, 0.4) is 0 Å². The number of nitrogens with zero attached hydrogens (tertiary/aromatic N) is 3. The number of carbonyl (C=O) groups is 1. The number of hydrogen-bond donors (Lipinski definition) is 1. The number of rotatable bonds is 8. The molecule has 0 atom stereocenters. The molecular weight excluding hydrogens is 432 g/mol. The summed E-state index contributed by atoms with van der Waals surface area (Å²) in [6.45, 7) is 0. The van der Waals surface area contributed by atoms with E-state index in [2.05, 4.69) is 15.5 Å². The van der Waals surface area contributed by atoms with E-state index < -0.39 is 16.5 Å². The van der Waals surface area contributed by atoms with E-state index in [1.807, 2.05) is 0 Å². The predicted molar refractivity (Wildman–Crippen MR) is 111 cm³/mol. The molecule has 0 unspecified atom stereocenters. The van der Waals surface area contributed by atoms with Crippen LogP contribution in [0.5, 0.6) is 17.2 Å². The predicted octanol–water partition coefficient (Wildman–Crippen LogP) is 3.88. The molecular formula is C18H16N4O6S2. The Morgan fingerprint density at radius 1 is 1.17 bits per heavy atom. The molecule has 0 radical (unpaired) electrons. The van der Waals surface area contributed by atoms with Crippen molar-refractivity contribution in [3.05, 3.63) is 51.5 Å². The second-order valence-electron chi connectivity index (χ2n) is 5.56. The molecule has 1 N–H and O–H groups in total. The van der Waals surface area contributed by atoms with Gasteiger partial charge < -0.3 is 19.5 Å².